The van der Waals surface area contributed by atoms with Crippen molar-refractivity contribution >= 4 is 22.5 Å². The predicted molar refractivity (Wildman–Crippen MR) is 95.8 cm³/mol. The molecule has 0 spiro atoms. The largest absolute Gasteiger partial charge is 0.396 e. The predicted octanol–water partition coefficient (Wildman–Crippen LogP) is 4.18. The Hall–Kier alpha value is -3.47. The molecule has 0 fully saturated rings. The fourth-order valence-electron chi connectivity index (χ4n) is 2.85. The first-order chi connectivity index (χ1) is 12.1. The topological polar surface area (TPSA) is 71.8 Å². The van der Waals surface area contributed by atoms with E-state index in [1.807, 2.05) is 36.4 Å². The van der Waals surface area contributed by atoms with E-state index in [4.69, 9.17) is 5.73 Å². The molecule has 0 amide bonds. The minimum Gasteiger partial charge on any atom is -0.396 e. The summed E-state index contributed by atoms with van der Waals surface area (Å²) in [6.45, 7) is 0. The molecule has 2 aromatic heterocycles. The van der Waals surface area contributed by atoms with Gasteiger partial charge in [-0.1, -0.05) is 36.4 Å². The number of anilines is 1. The van der Waals surface area contributed by atoms with E-state index in [2.05, 4.69) is 9.97 Å². The highest BCUT2D eigenvalue weighted by molar-refractivity contribution is 6.16. The highest BCUT2D eigenvalue weighted by Crippen LogP contribution is 2.27. The van der Waals surface area contributed by atoms with Gasteiger partial charge < -0.3 is 10.7 Å². The number of nitrogens with zero attached hydrogens (tertiary/aromatic N) is 1. The monoisotopic (exact) mass is 331 g/mol. The van der Waals surface area contributed by atoms with E-state index in [1.165, 1.54) is 12.1 Å². The summed E-state index contributed by atoms with van der Waals surface area (Å²) in [6, 6.07) is 16.0. The fourth-order valence-corrected chi connectivity index (χ4v) is 2.85. The van der Waals surface area contributed by atoms with Crippen LogP contribution in [0.15, 0.2) is 67.0 Å². The summed E-state index contributed by atoms with van der Waals surface area (Å²) >= 11 is 0. The van der Waals surface area contributed by atoms with Crippen molar-refractivity contribution in [1.29, 1.82) is 0 Å². The van der Waals surface area contributed by atoms with E-state index in [1.54, 1.807) is 18.5 Å². The molecule has 0 aliphatic rings. The van der Waals surface area contributed by atoms with E-state index in [-0.39, 0.29) is 11.3 Å². The Morgan fingerprint density at radius 2 is 1.80 bits per heavy atom. The van der Waals surface area contributed by atoms with Gasteiger partial charge in [0.1, 0.15) is 5.65 Å². The Bertz CT molecular complexity index is 1090. The number of ketones is 1. The lowest BCUT2D eigenvalue weighted by Crippen LogP contribution is -2.06. The van der Waals surface area contributed by atoms with Gasteiger partial charge >= 0.3 is 0 Å². The second-order valence-corrected chi connectivity index (χ2v) is 5.73. The first kappa shape index (κ1) is 15.1. The number of H-pyrrole nitrogens is 1. The SMILES string of the molecule is Nc1cccc(C(=O)c2c[nH]c3ncc(-c4ccccc4)cc23)c1F. The lowest BCUT2D eigenvalue weighted by atomic mass is 10.0. The molecule has 0 radical (unpaired) electrons. The van der Waals surface area contributed by atoms with Crippen molar-refractivity contribution in [2.75, 3.05) is 5.73 Å². The molecule has 0 unspecified atom stereocenters. The smallest absolute Gasteiger partial charge is 0.198 e. The van der Waals surface area contributed by atoms with Gasteiger partial charge in [-0.2, -0.15) is 0 Å². The molecule has 0 atom stereocenters. The molecule has 122 valence electrons. The number of nitrogens with two attached hydrogens (primary N) is 1. The lowest BCUT2D eigenvalue weighted by Gasteiger charge is -2.05. The number of nitrogen functional groups attached to an aromatic ring is 1. The van der Waals surface area contributed by atoms with Crippen molar-refractivity contribution in [3.63, 3.8) is 0 Å². The Labute approximate surface area is 143 Å². The molecule has 2 heterocycles. The Kier molecular flexibility index (Phi) is 3.54. The van der Waals surface area contributed by atoms with Crippen LogP contribution in [0.3, 0.4) is 0 Å². The number of fused-ring (bicyclic) bond motifs is 1. The van der Waals surface area contributed by atoms with Crippen molar-refractivity contribution in [1.82, 2.24) is 9.97 Å². The molecule has 4 aromatic rings. The summed E-state index contributed by atoms with van der Waals surface area (Å²) in [4.78, 5) is 20.1. The number of pyridine rings is 1. The zero-order chi connectivity index (χ0) is 17.4. The van der Waals surface area contributed by atoms with E-state index in [9.17, 15) is 9.18 Å². The molecule has 3 N–H and O–H groups in total. The van der Waals surface area contributed by atoms with Crippen molar-refractivity contribution in [2.24, 2.45) is 0 Å². The van der Waals surface area contributed by atoms with Crippen molar-refractivity contribution in [3.05, 3.63) is 83.9 Å². The van der Waals surface area contributed by atoms with Gasteiger partial charge in [0.2, 0.25) is 0 Å². The first-order valence-corrected chi connectivity index (χ1v) is 7.76. The minimum atomic E-state index is -0.700. The maximum Gasteiger partial charge on any atom is 0.198 e. The summed E-state index contributed by atoms with van der Waals surface area (Å²) in [7, 11) is 0. The molecule has 0 aliphatic heterocycles. The molecule has 4 rings (SSSR count). The van der Waals surface area contributed by atoms with Crippen LogP contribution in [0.25, 0.3) is 22.2 Å². The molecular weight excluding hydrogens is 317 g/mol. The summed E-state index contributed by atoms with van der Waals surface area (Å²) < 4.78 is 14.2. The summed E-state index contributed by atoms with van der Waals surface area (Å²) in [5, 5.41) is 0.646. The van der Waals surface area contributed by atoms with E-state index in [0.29, 0.717) is 16.6 Å². The van der Waals surface area contributed by atoms with E-state index in [0.717, 1.165) is 11.1 Å². The summed E-state index contributed by atoms with van der Waals surface area (Å²) in [6.07, 6.45) is 3.29. The minimum absolute atomic E-state index is 0.0474. The van der Waals surface area contributed by atoms with Crippen LogP contribution < -0.4 is 5.73 Å². The van der Waals surface area contributed by atoms with Gasteiger partial charge in [0.15, 0.2) is 11.6 Å². The van der Waals surface area contributed by atoms with Gasteiger partial charge in [-0.05, 0) is 23.8 Å². The van der Waals surface area contributed by atoms with Crippen molar-refractivity contribution in [3.8, 4) is 11.1 Å². The van der Waals surface area contributed by atoms with Gasteiger partial charge in [-0.3, -0.25) is 4.79 Å². The normalized spacial score (nSPS) is 10.9. The van der Waals surface area contributed by atoms with Gasteiger partial charge in [-0.15, -0.1) is 0 Å². The molecular formula is C20H14FN3O. The molecule has 0 bridgehead atoms. The van der Waals surface area contributed by atoms with E-state index >= 15 is 0 Å². The van der Waals surface area contributed by atoms with Crippen LogP contribution in [0, 0.1) is 5.82 Å². The Morgan fingerprint density at radius 1 is 1.00 bits per heavy atom. The molecule has 0 saturated carbocycles. The highest BCUT2D eigenvalue weighted by Gasteiger charge is 2.19. The number of rotatable bonds is 3. The third-order valence-electron chi connectivity index (χ3n) is 4.16. The number of nitrogens with one attached hydrogen (secondary N) is 1. The highest BCUT2D eigenvalue weighted by atomic mass is 19.1. The van der Waals surface area contributed by atoms with Gasteiger partial charge in [-0.25, -0.2) is 9.37 Å². The van der Waals surface area contributed by atoms with Crippen LogP contribution in [-0.2, 0) is 0 Å². The quantitative estimate of drug-likeness (QED) is 0.437. The molecule has 5 heteroatoms. The van der Waals surface area contributed by atoms with Crippen LogP contribution >= 0.6 is 0 Å². The molecule has 25 heavy (non-hydrogen) atoms. The number of benzene rings is 2. The zero-order valence-electron chi connectivity index (χ0n) is 13.2. The van der Waals surface area contributed by atoms with Gasteiger partial charge in [0, 0.05) is 28.9 Å². The lowest BCUT2D eigenvalue weighted by molar-refractivity contribution is 0.103. The maximum atomic E-state index is 14.2. The van der Waals surface area contributed by atoms with Gasteiger partial charge in [0.25, 0.3) is 0 Å². The number of carbonyl (C=O) groups excluding carboxylic acids is 1. The zero-order valence-corrected chi connectivity index (χ0v) is 13.2. The second kappa shape index (κ2) is 5.87. The maximum absolute atomic E-state index is 14.2. The summed E-state index contributed by atoms with van der Waals surface area (Å²) in [5.41, 5.74) is 8.30. The third kappa shape index (κ3) is 2.55. The number of carbonyl (C=O) groups is 1. The van der Waals surface area contributed by atoms with Crippen LogP contribution in [-0.4, -0.2) is 15.8 Å². The standard InChI is InChI=1S/C20H14FN3O/c21-18-14(7-4-8-17(18)22)19(25)16-11-24-20-15(16)9-13(10-23-20)12-5-2-1-3-6-12/h1-11H,22H2,(H,23,24). The number of hydrogen-bond acceptors (Lipinski definition) is 3. The number of halogens is 1. The summed E-state index contributed by atoms with van der Waals surface area (Å²) in [5.74, 6) is -1.13. The number of aromatic nitrogens is 2. The Morgan fingerprint density at radius 3 is 2.60 bits per heavy atom. The fraction of sp³-hybridized carbons (Fsp3) is 0. The number of aromatic amines is 1. The molecule has 4 nitrogen and oxygen atoms in total. The first-order valence-electron chi connectivity index (χ1n) is 7.76. The molecule has 2 aromatic carbocycles. The van der Waals surface area contributed by atoms with Crippen molar-refractivity contribution < 1.29 is 9.18 Å². The second-order valence-electron chi connectivity index (χ2n) is 5.73. The average Bonchev–Trinajstić information content (AvgIpc) is 3.07. The van der Waals surface area contributed by atoms with Crippen LogP contribution in [0.2, 0.25) is 0 Å². The molecule has 0 saturated heterocycles. The van der Waals surface area contributed by atoms with Crippen molar-refractivity contribution in [2.45, 2.75) is 0 Å². The molecule has 0 aliphatic carbocycles. The van der Waals surface area contributed by atoms with Crippen LogP contribution in [0.4, 0.5) is 10.1 Å². The third-order valence-corrected chi connectivity index (χ3v) is 4.16. The average molecular weight is 331 g/mol. The Balaban J connectivity index is 1.85. The number of hydrogen-bond donors (Lipinski definition) is 2. The van der Waals surface area contributed by atoms with Crippen LogP contribution in [0.1, 0.15) is 15.9 Å². The van der Waals surface area contributed by atoms with Crippen LogP contribution in [0.5, 0.6) is 0 Å². The van der Waals surface area contributed by atoms with E-state index < -0.39 is 11.6 Å². The van der Waals surface area contributed by atoms with Gasteiger partial charge in [0.05, 0.1) is 11.3 Å².